The van der Waals surface area contributed by atoms with Crippen molar-refractivity contribution in [3.05, 3.63) is 24.1 Å². The minimum atomic E-state index is -4.61. The number of carbonyl (C=O) groups is 2. The molecular weight excluding hydrogens is 250 g/mol. The first kappa shape index (κ1) is 15.3. The third-order valence-electron chi connectivity index (χ3n) is 1.58. The lowest BCUT2D eigenvalue weighted by Crippen LogP contribution is -2.23. The summed E-state index contributed by atoms with van der Waals surface area (Å²) in [6.07, 6.45) is 1.39. The molecule has 1 amide bonds. The zero-order chi connectivity index (χ0) is 13.5. The number of amides is 1. The Hall–Kier alpha value is -1.67. The molecule has 0 fully saturated rings. The minimum absolute atomic E-state index is 0.106. The molecular formula is C9H13NO6S. The molecule has 0 aromatic rings. The van der Waals surface area contributed by atoms with Crippen molar-refractivity contribution < 1.29 is 27.3 Å². The van der Waals surface area contributed by atoms with Crippen molar-refractivity contribution in [2.24, 2.45) is 0 Å². The predicted molar refractivity (Wildman–Crippen MR) is 59.5 cm³/mol. The third-order valence-corrected chi connectivity index (χ3v) is 2.37. The Morgan fingerprint density at radius 1 is 1.41 bits per heavy atom. The van der Waals surface area contributed by atoms with Crippen molar-refractivity contribution >= 4 is 22.0 Å². The van der Waals surface area contributed by atoms with Crippen LogP contribution in [-0.2, 0) is 24.4 Å². The number of esters is 1. The molecule has 0 aromatic heterocycles. The lowest BCUT2D eigenvalue weighted by atomic mass is 10.4. The van der Waals surface area contributed by atoms with E-state index in [0.29, 0.717) is 6.42 Å². The van der Waals surface area contributed by atoms with Crippen molar-refractivity contribution in [1.82, 2.24) is 5.32 Å². The molecule has 0 saturated heterocycles. The standard InChI is InChI=1S/C9H13NO6S/c1-3-8(11)10-5-4-6-16-9(12)7(2)17(13,14)15/h3H,1-2,4-6H2,(H,10,11)(H,13,14,15). The summed E-state index contributed by atoms with van der Waals surface area (Å²) in [6, 6.07) is 0. The van der Waals surface area contributed by atoms with Gasteiger partial charge in [0.25, 0.3) is 0 Å². The quantitative estimate of drug-likeness (QED) is 0.280. The molecule has 0 rings (SSSR count). The van der Waals surface area contributed by atoms with Gasteiger partial charge in [-0.05, 0) is 12.5 Å². The fourth-order valence-electron chi connectivity index (χ4n) is 0.707. The van der Waals surface area contributed by atoms with Crippen LogP contribution in [0.3, 0.4) is 0 Å². The first-order chi connectivity index (χ1) is 7.79. The second-order valence-electron chi connectivity index (χ2n) is 2.88. The number of hydrogen-bond donors (Lipinski definition) is 2. The Morgan fingerprint density at radius 3 is 2.47 bits per heavy atom. The van der Waals surface area contributed by atoms with Gasteiger partial charge in [-0.15, -0.1) is 0 Å². The van der Waals surface area contributed by atoms with Crippen molar-refractivity contribution in [3.8, 4) is 0 Å². The van der Waals surface area contributed by atoms with E-state index in [-0.39, 0.29) is 19.1 Å². The Balaban J connectivity index is 3.84. The number of hydrogen-bond acceptors (Lipinski definition) is 5. The summed E-state index contributed by atoms with van der Waals surface area (Å²) in [6.45, 7) is 6.25. The van der Waals surface area contributed by atoms with Crippen LogP contribution in [0.1, 0.15) is 6.42 Å². The van der Waals surface area contributed by atoms with Gasteiger partial charge >= 0.3 is 16.1 Å². The zero-order valence-corrected chi connectivity index (χ0v) is 9.83. The lowest BCUT2D eigenvalue weighted by molar-refractivity contribution is -0.138. The van der Waals surface area contributed by atoms with Gasteiger partial charge in [-0.25, -0.2) is 4.79 Å². The maximum Gasteiger partial charge on any atom is 0.351 e. The number of carbonyl (C=O) groups excluding carboxylic acids is 2. The predicted octanol–water partition coefficient (Wildman–Crippen LogP) is -0.377. The zero-order valence-electron chi connectivity index (χ0n) is 9.01. The van der Waals surface area contributed by atoms with Crippen LogP contribution in [0.2, 0.25) is 0 Å². The van der Waals surface area contributed by atoms with Gasteiger partial charge < -0.3 is 10.1 Å². The van der Waals surface area contributed by atoms with E-state index in [1.54, 1.807) is 0 Å². The van der Waals surface area contributed by atoms with Crippen molar-refractivity contribution in [1.29, 1.82) is 0 Å². The van der Waals surface area contributed by atoms with Crippen LogP contribution in [0.15, 0.2) is 24.1 Å². The van der Waals surface area contributed by atoms with Gasteiger partial charge in [-0.3, -0.25) is 9.35 Å². The summed E-state index contributed by atoms with van der Waals surface area (Å²) in [7, 11) is -4.61. The minimum Gasteiger partial charge on any atom is -0.461 e. The SMILES string of the molecule is C=CC(=O)NCCCOC(=O)C(=C)S(=O)(=O)O. The van der Waals surface area contributed by atoms with Crippen LogP contribution in [0.4, 0.5) is 0 Å². The Bertz CT molecular complexity index is 425. The lowest BCUT2D eigenvalue weighted by Gasteiger charge is -2.05. The second kappa shape index (κ2) is 6.81. The van der Waals surface area contributed by atoms with Gasteiger partial charge in [0.05, 0.1) is 6.61 Å². The van der Waals surface area contributed by atoms with E-state index >= 15 is 0 Å². The highest BCUT2D eigenvalue weighted by atomic mass is 32.2. The normalized spacial score (nSPS) is 10.4. The fourth-order valence-corrected chi connectivity index (χ4v) is 0.976. The second-order valence-corrected chi connectivity index (χ2v) is 4.33. The van der Waals surface area contributed by atoms with E-state index in [0.717, 1.165) is 6.08 Å². The summed E-state index contributed by atoms with van der Waals surface area (Å²) < 4.78 is 33.9. The van der Waals surface area contributed by atoms with Crippen LogP contribution in [0, 0.1) is 0 Å². The van der Waals surface area contributed by atoms with Gasteiger partial charge in [-0.2, -0.15) is 8.42 Å². The van der Waals surface area contributed by atoms with Crippen LogP contribution in [0.25, 0.3) is 0 Å². The van der Waals surface area contributed by atoms with E-state index in [1.165, 1.54) is 0 Å². The maximum absolute atomic E-state index is 11.0. The molecule has 0 saturated carbocycles. The molecule has 0 aliphatic rings. The molecule has 17 heavy (non-hydrogen) atoms. The number of rotatable bonds is 7. The monoisotopic (exact) mass is 263 g/mol. The van der Waals surface area contributed by atoms with Gasteiger partial charge in [0, 0.05) is 6.54 Å². The van der Waals surface area contributed by atoms with E-state index in [4.69, 9.17) is 4.55 Å². The summed E-state index contributed by atoms with van der Waals surface area (Å²) >= 11 is 0. The van der Waals surface area contributed by atoms with Gasteiger partial charge in [0.2, 0.25) is 5.91 Å². The summed E-state index contributed by atoms with van der Waals surface area (Å²) in [5, 5.41) is 2.43. The largest absolute Gasteiger partial charge is 0.461 e. The summed E-state index contributed by atoms with van der Waals surface area (Å²) in [5.74, 6) is -1.58. The maximum atomic E-state index is 11.0. The Morgan fingerprint density at radius 2 is 2.00 bits per heavy atom. The van der Waals surface area contributed by atoms with Crippen molar-refractivity contribution in [2.45, 2.75) is 6.42 Å². The fraction of sp³-hybridized carbons (Fsp3) is 0.333. The molecule has 0 aliphatic carbocycles. The topological polar surface area (TPSA) is 110 Å². The average molecular weight is 263 g/mol. The molecule has 0 aliphatic heterocycles. The van der Waals surface area contributed by atoms with E-state index in [9.17, 15) is 18.0 Å². The highest BCUT2D eigenvalue weighted by molar-refractivity contribution is 7.90. The van der Waals surface area contributed by atoms with Crippen LogP contribution in [-0.4, -0.2) is 38.0 Å². The molecule has 0 spiro atoms. The van der Waals surface area contributed by atoms with E-state index < -0.39 is 21.0 Å². The molecule has 8 heteroatoms. The highest BCUT2D eigenvalue weighted by Gasteiger charge is 2.20. The average Bonchev–Trinajstić information content (AvgIpc) is 2.25. The molecule has 0 atom stereocenters. The Labute approximate surface area is 98.9 Å². The summed E-state index contributed by atoms with van der Waals surface area (Å²) in [4.78, 5) is 20.6. The van der Waals surface area contributed by atoms with Crippen LogP contribution in [0.5, 0.6) is 0 Å². The van der Waals surface area contributed by atoms with Gasteiger partial charge in [-0.1, -0.05) is 13.2 Å². The molecule has 0 bridgehead atoms. The smallest absolute Gasteiger partial charge is 0.351 e. The first-order valence-electron chi connectivity index (χ1n) is 4.53. The van der Waals surface area contributed by atoms with Gasteiger partial charge in [0.15, 0.2) is 4.91 Å². The third kappa shape index (κ3) is 6.48. The van der Waals surface area contributed by atoms with Crippen molar-refractivity contribution in [3.63, 3.8) is 0 Å². The molecule has 0 heterocycles. The molecule has 2 N–H and O–H groups in total. The van der Waals surface area contributed by atoms with E-state index in [1.807, 2.05) is 0 Å². The summed E-state index contributed by atoms with van der Waals surface area (Å²) in [5.41, 5.74) is 0. The molecule has 7 nitrogen and oxygen atoms in total. The van der Waals surface area contributed by atoms with E-state index in [2.05, 4.69) is 23.2 Å². The molecule has 96 valence electrons. The van der Waals surface area contributed by atoms with Crippen molar-refractivity contribution in [2.75, 3.05) is 13.2 Å². The Kier molecular flexibility index (Phi) is 6.15. The van der Waals surface area contributed by atoms with Crippen LogP contribution < -0.4 is 5.32 Å². The first-order valence-corrected chi connectivity index (χ1v) is 5.97. The number of nitrogens with one attached hydrogen (secondary N) is 1. The number of ether oxygens (including phenoxy) is 1. The van der Waals surface area contributed by atoms with Gasteiger partial charge in [0.1, 0.15) is 0 Å². The molecule has 0 aromatic carbocycles. The molecule has 0 radical (unpaired) electrons. The molecule has 0 unspecified atom stereocenters. The highest BCUT2D eigenvalue weighted by Crippen LogP contribution is 2.03. The van der Waals surface area contributed by atoms with Crippen LogP contribution >= 0.6 is 0 Å².